The highest BCUT2D eigenvalue weighted by molar-refractivity contribution is 7.19. The Hall–Kier alpha value is -3.10. The molecule has 1 aliphatic rings. The first-order valence-electron chi connectivity index (χ1n) is 9.21. The summed E-state index contributed by atoms with van der Waals surface area (Å²) in [4.78, 5) is 37.5. The second-order valence-electron chi connectivity index (χ2n) is 7.15. The smallest absolute Gasteiger partial charge is 0.246 e. The number of aromatic nitrogens is 2. The zero-order valence-electron chi connectivity index (χ0n) is 16.3. The van der Waals surface area contributed by atoms with Crippen molar-refractivity contribution >= 4 is 45.1 Å². The van der Waals surface area contributed by atoms with Crippen molar-refractivity contribution in [2.45, 2.75) is 13.1 Å². The molecule has 0 radical (unpaired) electrons. The van der Waals surface area contributed by atoms with E-state index in [0.29, 0.717) is 25.5 Å². The molecule has 4 heterocycles. The normalized spacial score (nSPS) is 14.6. The second-order valence-corrected chi connectivity index (χ2v) is 8.32. The van der Waals surface area contributed by atoms with E-state index in [1.165, 1.54) is 4.70 Å². The van der Waals surface area contributed by atoms with Crippen LogP contribution >= 0.6 is 11.3 Å². The predicted molar refractivity (Wildman–Crippen MR) is 114 cm³/mol. The average Bonchev–Trinajstić information content (AvgIpc) is 3.02. The fraction of sp³-hybridized carbons (Fsp3) is 0.238. The summed E-state index contributed by atoms with van der Waals surface area (Å²) < 4.78 is 1.17. The molecule has 0 spiro atoms. The number of amides is 2. The van der Waals surface area contributed by atoms with E-state index in [4.69, 9.17) is 0 Å². The Morgan fingerprint density at radius 3 is 3.03 bits per heavy atom. The van der Waals surface area contributed by atoms with Crippen LogP contribution in [0.25, 0.3) is 16.2 Å². The van der Waals surface area contributed by atoms with Gasteiger partial charge in [-0.1, -0.05) is 0 Å². The van der Waals surface area contributed by atoms with Crippen molar-refractivity contribution in [2.24, 2.45) is 0 Å². The second kappa shape index (κ2) is 8.10. The standard InChI is InChI=1S/C21H21N5O2S/c1-25-11-16-7-14(9-23-21(16)24-19(27)13-25)3-4-20(28)26(2)12-17-8-15-10-22-6-5-18(15)29-17/h3-10H,11-13H2,1-2H3,(H,23,24,27)/b4-3+. The molecule has 0 aliphatic carbocycles. The van der Waals surface area contributed by atoms with E-state index >= 15 is 0 Å². The van der Waals surface area contributed by atoms with Gasteiger partial charge in [0.2, 0.25) is 11.8 Å². The SMILES string of the molecule is CN1CC(=O)Nc2ncc(/C=C/C(=O)N(C)Cc3cc4cnccc4s3)cc2C1. The van der Waals surface area contributed by atoms with Gasteiger partial charge in [-0.15, -0.1) is 11.3 Å². The molecule has 0 atom stereocenters. The Morgan fingerprint density at radius 2 is 2.21 bits per heavy atom. The van der Waals surface area contributed by atoms with Crippen LogP contribution in [0, 0.1) is 0 Å². The first-order chi connectivity index (χ1) is 14.0. The zero-order valence-corrected chi connectivity index (χ0v) is 17.1. The van der Waals surface area contributed by atoms with Crippen molar-refractivity contribution in [3.05, 3.63) is 58.9 Å². The molecule has 4 rings (SSSR count). The fourth-order valence-electron chi connectivity index (χ4n) is 3.24. The van der Waals surface area contributed by atoms with Gasteiger partial charge in [0.1, 0.15) is 5.82 Å². The van der Waals surface area contributed by atoms with Gasteiger partial charge in [-0.05, 0) is 36.9 Å². The molecule has 0 unspecified atom stereocenters. The van der Waals surface area contributed by atoms with E-state index in [0.717, 1.165) is 21.4 Å². The number of anilines is 1. The number of carbonyl (C=O) groups excluding carboxylic acids is 2. The summed E-state index contributed by atoms with van der Waals surface area (Å²) in [5.74, 6) is 0.427. The van der Waals surface area contributed by atoms with Crippen molar-refractivity contribution < 1.29 is 9.59 Å². The lowest BCUT2D eigenvalue weighted by molar-refractivity contribution is -0.125. The highest BCUT2D eigenvalue weighted by atomic mass is 32.1. The maximum Gasteiger partial charge on any atom is 0.246 e. The molecule has 0 fully saturated rings. The molecule has 0 aromatic carbocycles. The van der Waals surface area contributed by atoms with Crippen molar-refractivity contribution in [1.82, 2.24) is 19.8 Å². The number of fused-ring (bicyclic) bond motifs is 2. The minimum absolute atomic E-state index is 0.0733. The van der Waals surface area contributed by atoms with Crippen LogP contribution < -0.4 is 5.32 Å². The van der Waals surface area contributed by atoms with E-state index in [9.17, 15) is 9.59 Å². The largest absolute Gasteiger partial charge is 0.337 e. The Labute approximate surface area is 172 Å². The van der Waals surface area contributed by atoms with E-state index < -0.39 is 0 Å². The van der Waals surface area contributed by atoms with Crippen LogP contribution in [0.5, 0.6) is 0 Å². The van der Waals surface area contributed by atoms with Crippen LogP contribution in [0.1, 0.15) is 16.0 Å². The summed E-state index contributed by atoms with van der Waals surface area (Å²) in [6.45, 7) is 1.50. The van der Waals surface area contributed by atoms with Gasteiger partial charge in [0.25, 0.3) is 0 Å². The van der Waals surface area contributed by atoms with Gasteiger partial charge in [0.15, 0.2) is 0 Å². The number of nitrogens with one attached hydrogen (secondary N) is 1. The molecular formula is C21H21N5O2S. The molecule has 3 aromatic rings. The lowest BCUT2D eigenvalue weighted by Gasteiger charge is -2.14. The minimum Gasteiger partial charge on any atom is -0.337 e. The maximum absolute atomic E-state index is 12.5. The van der Waals surface area contributed by atoms with Gasteiger partial charge in [-0.3, -0.25) is 19.5 Å². The number of carbonyl (C=O) groups is 2. The predicted octanol–water partition coefficient (Wildman–Crippen LogP) is 2.75. The van der Waals surface area contributed by atoms with Crippen LogP contribution in [-0.2, 0) is 22.7 Å². The van der Waals surface area contributed by atoms with E-state index in [1.54, 1.807) is 47.8 Å². The third-order valence-corrected chi connectivity index (χ3v) is 5.76. The number of pyridine rings is 2. The van der Waals surface area contributed by atoms with Crippen molar-refractivity contribution in [3.63, 3.8) is 0 Å². The van der Waals surface area contributed by atoms with Crippen LogP contribution in [-0.4, -0.2) is 52.2 Å². The van der Waals surface area contributed by atoms with Crippen molar-refractivity contribution in [3.8, 4) is 0 Å². The Bertz CT molecular complexity index is 1070. The topological polar surface area (TPSA) is 78.4 Å². The van der Waals surface area contributed by atoms with Crippen molar-refractivity contribution in [1.29, 1.82) is 0 Å². The average molecular weight is 407 g/mol. The Morgan fingerprint density at radius 1 is 1.34 bits per heavy atom. The lowest BCUT2D eigenvalue weighted by atomic mass is 10.1. The minimum atomic E-state index is -0.0825. The van der Waals surface area contributed by atoms with Gasteiger partial charge in [0, 0.05) is 58.8 Å². The van der Waals surface area contributed by atoms with Crippen molar-refractivity contribution in [2.75, 3.05) is 26.0 Å². The molecule has 148 valence electrons. The summed E-state index contributed by atoms with van der Waals surface area (Å²) in [7, 11) is 3.68. The van der Waals surface area contributed by atoms with Gasteiger partial charge in [0.05, 0.1) is 13.1 Å². The van der Waals surface area contributed by atoms with Crippen LogP contribution in [0.3, 0.4) is 0 Å². The Balaban J connectivity index is 1.44. The third kappa shape index (κ3) is 4.49. The van der Waals surface area contributed by atoms with E-state index in [1.807, 2.05) is 30.3 Å². The Kier molecular flexibility index (Phi) is 5.37. The van der Waals surface area contributed by atoms with Gasteiger partial charge in [-0.2, -0.15) is 0 Å². The van der Waals surface area contributed by atoms with Gasteiger partial charge in [-0.25, -0.2) is 4.98 Å². The monoisotopic (exact) mass is 407 g/mol. The molecule has 0 bridgehead atoms. The first-order valence-corrected chi connectivity index (χ1v) is 10.0. The fourth-order valence-corrected chi connectivity index (χ4v) is 4.33. The molecule has 2 amide bonds. The summed E-state index contributed by atoms with van der Waals surface area (Å²) >= 11 is 1.67. The first kappa shape index (κ1) is 19.2. The number of likely N-dealkylation sites (N-methyl/N-ethyl adjacent to an activating group) is 2. The number of rotatable bonds is 4. The number of thiophene rings is 1. The molecule has 1 aliphatic heterocycles. The van der Waals surface area contributed by atoms with Gasteiger partial charge >= 0.3 is 0 Å². The zero-order chi connectivity index (χ0) is 20.4. The van der Waals surface area contributed by atoms with E-state index in [-0.39, 0.29) is 11.8 Å². The number of hydrogen-bond donors (Lipinski definition) is 1. The summed E-state index contributed by atoms with van der Waals surface area (Å²) in [5.41, 5.74) is 1.75. The van der Waals surface area contributed by atoms with E-state index in [2.05, 4.69) is 21.4 Å². The van der Waals surface area contributed by atoms with Crippen LogP contribution in [0.2, 0.25) is 0 Å². The molecule has 7 nitrogen and oxygen atoms in total. The highest BCUT2D eigenvalue weighted by Crippen LogP contribution is 2.25. The number of nitrogens with zero attached hydrogens (tertiary/aromatic N) is 4. The highest BCUT2D eigenvalue weighted by Gasteiger charge is 2.17. The van der Waals surface area contributed by atoms with Gasteiger partial charge < -0.3 is 10.2 Å². The molecule has 1 N–H and O–H groups in total. The molecule has 0 saturated carbocycles. The quantitative estimate of drug-likeness (QED) is 0.673. The summed E-state index contributed by atoms with van der Waals surface area (Å²) in [5, 5.41) is 3.90. The summed E-state index contributed by atoms with van der Waals surface area (Å²) in [6.07, 6.45) is 8.58. The maximum atomic E-state index is 12.5. The summed E-state index contributed by atoms with van der Waals surface area (Å²) in [6, 6.07) is 6.01. The molecule has 3 aromatic heterocycles. The number of hydrogen-bond acceptors (Lipinski definition) is 6. The van der Waals surface area contributed by atoms with Crippen LogP contribution in [0.15, 0.2) is 42.9 Å². The third-order valence-electron chi connectivity index (χ3n) is 4.65. The molecule has 0 saturated heterocycles. The van der Waals surface area contributed by atoms with Crippen LogP contribution in [0.4, 0.5) is 5.82 Å². The lowest BCUT2D eigenvalue weighted by Crippen LogP contribution is -2.26. The molecule has 29 heavy (non-hydrogen) atoms. The molecule has 8 heteroatoms. The molecular weight excluding hydrogens is 386 g/mol.